The normalized spacial score (nSPS) is 12.0. The van der Waals surface area contributed by atoms with E-state index < -0.39 is 11.0 Å². The molecular weight excluding hydrogens is 318 g/mol. The Kier molecular flexibility index (Phi) is 7.96. The summed E-state index contributed by atoms with van der Waals surface area (Å²) in [7, 11) is 3.00. The molecular formula is C15H21N3O6. The molecule has 2 N–H and O–H groups in total. The van der Waals surface area contributed by atoms with Crippen LogP contribution < -0.4 is 5.32 Å². The second-order valence-electron chi connectivity index (χ2n) is 5.04. The van der Waals surface area contributed by atoms with Crippen molar-refractivity contribution in [3.8, 4) is 0 Å². The highest BCUT2D eigenvalue weighted by atomic mass is 16.7. The van der Waals surface area contributed by atoms with Crippen LogP contribution in [0.15, 0.2) is 18.2 Å². The van der Waals surface area contributed by atoms with E-state index in [0.29, 0.717) is 19.1 Å². The first-order valence-electron chi connectivity index (χ1n) is 7.35. The molecule has 0 fully saturated rings. The fourth-order valence-electron chi connectivity index (χ4n) is 2.22. The molecule has 0 saturated carbocycles. The molecule has 0 saturated heterocycles. The van der Waals surface area contributed by atoms with Gasteiger partial charge in [-0.2, -0.15) is 5.06 Å². The van der Waals surface area contributed by atoms with Crippen molar-refractivity contribution in [1.82, 2.24) is 10.4 Å². The minimum Gasteiger partial charge on any atom is -0.396 e. The highest BCUT2D eigenvalue weighted by molar-refractivity contribution is 5.81. The van der Waals surface area contributed by atoms with E-state index in [2.05, 4.69) is 5.32 Å². The Bertz CT molecular complexity index is 593. The third kappa shape index (κ3) is 5.08. The van der Waals surface area contributed by atoms with E-state index in [1.807, 2.05) is 0 Å². The predicted octanol–water partition coefficient (Wildman–Crippen LogP) is 0.658. The number of hydrogen-bond acceptors (Lipinski definition) is 7. The zero-order valence-electron chi connectivity index (χ0n) is 13.6. The molecule has 0 aliphatic rings. The molecule has 1 amide bonds. The van der Waals surface area contributed by atoms with Crippen LogP contribution in [0, 0.1) is 10.1 Å². The molecule has 0 aliphatic heterocycles. The van der Waals surface area contributed by atoms with E-state index in [-0.39, 0.29) is 35.9 Å². The van der Waals surface area contributed by atoms with Gasteiger partial charge in [0.1, 0.15) is 12.6 Å². The minimum atomic E-state index is -0.662. The van der Waals surface area contributed by atoms with E-state index in [4.69, 9.17) is 9.94 Å². The Morgan fingerprint density at radius 3 is 2.79 bits per heavy atom. The number of aldehydes is 1. The van der Waals surface area contributed by atoms with Crippen molar-refractivity contribution < 1.29 is 24.5 Å². The summed E-state index contributed by atoms with van der Waals surface area (Å²) in [6, 6.07) is 3.50. The van der Waals surface area contributed by atoms with Crippen molar-refractivity contribution in [3.05, 3.63) is 39.4 Å². The van der Waals surface area contributed by atoms with Crippen molar-refractivity contribution >= 4 is 17.9 Å². The van der Waals surface area contributed by atoms with E-state index >= 15 is 0 Å². The van der Waals surface area contributed by atoms with Crippen LogP contribution >= 0.6 is 0 Å². The second-order valence-corrected chi connectivity index (χ2v) is 5.04. The molecule has 0 aliphatic carbocycles. The lowest BCUT2D eigenvalue weighted by Gasteiger charge is -2.25. The summed E-state index contributed by atoms with van der Waals surface area (Å²) in [4.78, 5) is 39.0. The highest BCUT2D eigenvalue weighted by Gasteiger charge is 2.24. The molecule has 0 radical (unpaired) electrons. The first kappa shape index (κ1) is 19.7. The fraction of sp³-hybridized carbons (Fsp3) is 0.467. The third-order valence-electron chi connectivity index (χ3n) is 3.55. The molecule has 1 aromatic carbocycles. The van der Waals surface area contributed by atoms with Gasteiger partial charge in [-0.1, -0.05) is 12.1 Å². The van der Waals surface area contributed by atoms with Crippen LogP contribution in [0.1, 0.15) is 28.8 Å². The number of benzene rings is 1. The molecule has 1 unspecified atom stereocenters. The van der Waals surface area contributed by atoms with Crippen LogP contribution in [0.5, 0.6) is 0 Å². The molecule has 1 atom stereocenters. The summed E-state index contributed by atoms with van der Waals surface area (Å²) in [5, 5.41) is 23.8. The first-order chi connectivity index (χ1) is 11.5. The van der Waals surface area contributed by atoms with Gasteiger partial charge in [-0.15, -0.1) is 0 Å². The molecule has 0 spiro atoms. The summed E-state index contributed by atoms with van der Waals surface area (Å²) in [6.07, 6.45) is 1.27. The van der Waals surface area contributed by atoms with Gasteiger partial charge in [0, 0.05) is 32.3 Å². The standard InChI is InChI=1S/C15H21N3O6/c1-16-15(21)14(7-4-8-19)17(2)24-10-12-11(9-20)5-3-6-13(12)18(22)23/h3,5-6,9,14,19H,4,7-8,10H2,1-2H3,(H,16,21). The maximum atomic E-state index is 11.9. The zero-order chi connectivity index (χ0) is 18.1. The lowest BCUT2D eigenvalue weighted by molar-refractivity contribution is -0.386. The average molecular weight is 339 g/mol. The Hall–Kier alpha value is -2.36. The van der Waals surface area contributed by atoms with Gasteiger partial charge in [-0.25, -0.2) is 0 Å². The van der Waals surface area contributed by atoms with Crippen molar-refractivity contribution in [2.45, 2.75) is 25.5 Å². The molecule has 0 bridgehead atoms. The number of nitrogens with zero attached hydrogens (tertiary/aromatic N) is 2. The summed E-state index contributed by atoms with van der Waals surface area (Å²) >= 11 is 0. The van der Waals surface area contributed by atoms with E-state index in [0.717, 1.165) is 0 Å². The number of nitro groups is 1. The minimum absolute atomic E-state index is 0.0687. The summed E-state index contributed by atoms with van der Waals surface area (Å²) < 4.78 is 0. The monoisotopic (exact) mass is 339 g/mol. The van der Waals surface area contributed by atoms with Crippen molar-refractivity contribution in [1.29, 1.82) is 0 Å². The Balaban J connectivity index is 2.92. The van der Waals surface area contributed by atoms with Crippen LogP contribution in [0.2, 0.25) is 0 Å². The fourth-order valence-corrected chi connectivity index (χ4v) is 2.22. The second kappa shape index (κ2) is 9.71. The summed E-state index contributed by atoms with van der Waals surface area (Å²) in [5.41, 5.74) is 0.0754. The van der Waals surface area contributed by atoms with Gasteiger partial charge in [0.2, 0.25) is 5.91 Å². The molecule has 24 heavy (non-hydrogen) atoms. The molecule has 1 rings (SSSR count). The number of nitro benzene ring substituents is 1. The number of carbonyl (C=O) groups excluding carboxylic acids is 2. The Morgan fingerprint density at radius 1 is 1.54 bits per heavy atom. The molecule has 0 aromatic heterocycles. The van der Waals surface area contributed by atoms with Gasteiger partial charge in [0.25, 0.3) is 5.69 Å². The number of likely N-dealkylation sites (N-methyl/N-ethyl adjacent to an activating group) is 2. The van der Waals surface area contributed by atoms with Crippen LogP contribution in [0.25, 0.3) is 0 Å². The Labute approximate surface area is 139 Å². The topological polar surface area (TPSA) is 122 Å². The van der Waals surface area contributed by atoms with Crippen molar-refractivity contribution in [3.63, 3.8) is 0 Å². The van der Waals surface area contributed by atoms with E-state index in [1.165, 1.54) is 37.4 Å². The van der Waals surface area contributed by atoms with Gasteiger partial charge in [-0.3, -0.25) is 24.5 Å². The lowest BCUT2D eigenvalue weighted by Crippen LogP contribution is -2.44. The van der Waals surface area contributed by atoms with Gasteiger partial charge in [-0.05, 0) is 12.8 Å². The van der Waals surface area contributed by atoms with Gasteiger partial charge in [0.15, 0.2) is 6.29 Å². The molecule has 9 nitrogen and oxygen atoms in total. The maximum absolute atomic E-state index is 11.9. The quantitative estimate of drug-likeness (QED) is 0.365. The number of aliphatic hydroxyl groups excluding tert-OH is 1. The van der Waals surface area contributed by atoms with Crippen LogP contribution in [-0.4, -0.2) is 54.0 Å². The van der Waals surface area contributed by atoms with Crippen LogP contribution in [0.3, 0.4) is 0 Å². The molecule has 132 valence electrons. The SMILES string of the molecule is CNC(=O)C(CCCO)N(C)OCc1c(C=O)cccc1[N+](=O)[O-]. The lowest BCUT2D eigenvalue weighted by atomic mass is 10.1. The van der Waals surface area contributed by atoms with Crippen molar-refractivity contribution in [2.24, 2.45) is 0 Å². The van der Waals surface area contributed by atoms with E-state index in [1.54, 1.807) is 0 Å². The van der Waals surface area contributed by atoms with Gasteiger partial charge < -0.3 is 10.4 Å². The summed E-state index contributed by atoms with van der Waals surface area (Å²) in [6.45, 7) is -0.297. The van der Waals surface area contributed by atoms with Crippen LogP contribution in [0.4, 0.5) is 5.69 Å². The van der Waals surface area contributed by atoms with Gasteiger partial charge in [0.05, 0.1) is 10.5 Å². The number of rotatable bonds is 10. The molecule has 9 heteroatoms. The van der Waals surface area contributed by atoms with Crippen molar-refractivity contribution in [2.75, 3.05) is 20.7 Å². The number of aliphatic hydroxyl groups is 1. The zero-order valence-corrected chi connectivity index (χ0v) is 13.6. The highest BCUT2D eigenvalue weighted by Crippen LogP contribution is 2.23. The Morgan fingerprint density at radius 2 is 2.25 bits per heavy atom. The van der Waals surface area contributed by atoms with E-state index in [9.17, 15) is 19.7 Å². The number of nitrogens with one attached hydrogen (secondary N) is 1. The number of amides is 1. The number of hydroxylamine groups is 2. The van der Waals surface area contributed by atoms with Gasteiger partial charge >= 0.3 is 0 Å². The number of carbonyl (C=O) groups is 2. The smallest absolute Gasteiger partial charge is 0.275 e. The predicted molar refractivity (Wildman–Crippen MR) is 85.2 cm³/mol. The maximum Gasteiger partial charge on any atom is 0.275 e. The first-order valence-corrected chi connectivity index (χ1v) is 7.35. The largest absolute Gasteiger partial charge is 0.396 e. The third-order valence-corrected chi connectivity index (χ3v) is 3.55. The summed E-state index contributed by atoms with van der Waals surface area (Å²) in [5.74, 6) is -0.302. The number of hydrogen-bond donors (Lipinski definition) is 2. The average Bonchev–Trinajstić information content (AvgIpc) is 2.59. The van der Waals surface area contributed by atoms with Crippen LogP contribution in [-0.2, 0) is 16.2 Å². The molecule has 0 heterocycles. The molecule has 1 aromatic rings.